The Bertz CT molecular complexity index is 527. The molecular formula is C15H23N3O4. The van der Waals surface area contributed by atoms with Gasteiger partial charge in [0, 0.05) is 25.5 Å². The first-order valence-corrected chi connectivity index (χ1v) is 7.86. The second-order valence-electron chi connectivity index (χ2n) is 6.87. The van der Waals surface area contributed by atoms with Crippen LogP contribution in [0.1, 0.15) is 33.1 Å². The molecule has 0 saturated carbocycles. The van der Waals surface area contributed by atoms with Crippen molar-refractivity contribution in [3.63, 3.8) is 0 Å². The highest BCUT2D eigenvalue weighted by molar-refractivity contribution is 6.01. The summed E-state index contributed by atoms with van der Waals surface area (Å²) in [5.41, 5.74) is 3.75. The van der Waals surface area contributed by atoms with E-state index >= 15 is 0 Å². The van der Waals surface area contributed by atoms with E-state index in [9.17, 15) is 14.4 Å². The van der Waals surface area contributed by atoms with E-state index in [-0.39, 0.29) is 24.3 Å². The fourth-order valence-electron chi connectivity index (χ4n) is 3.90. The van der Waals surface area contributed by atoms with E-state index in [0.717, 1.165) is 6.42 Å². The number of primary amides is 1. The molecule has 0 aromatic carbocycles. The van der Waals surface area contributed by atoms with Gasteiger partial charge >= 0.3 is 0 Å². The molecule has 0 aliphatic carbocycles. The lowest BCUT2D eigenvalue weighted by Crippen LogP contribution is -2.79. The maximum atomic E-state index is 12.9. The number of rotatable bonds is 3. The van der Waals surface area contributed by atoms with Crippen LogP contribution < -0.4 is 5.73 Å². The largest absolute Gasteiger partial charge is 0.378 e. The Hall–Kier alpha value is -1.63. The zero-order valence-electron chi connectivity index (χ0n) is 13.1. The van der Waals surface area contributed by atoms with Gasteiger partial charge in [0.15, 0.2) is 0 Å². The first-order chi connectivity index (χ1) is 10.3. The van der Waals surface area contributed by atoms with E-state index in [1.807, 2.05) is 13.8 Å². The third-order valence-corrected chi connectivity index (χ3v) is 5.29. The molecule has 7 heteroatoms. The van der Waals surface area contributed by atoms with Gasteiger partial charge in [-0.3, -0.25) is 14.4 Å². The normalized spacial score (nSPS) is 34.6. The standard InChI is InChI=1S/C15H23N3O4/c1-10(2)11(19)17-6-3-4-14(17)8-18(13(14)21)15(12(16)20)5-7-22-9-15/h10H,3-9H2,1-2H3,(H2,16,20)/t14-,15?/m1/s1. The molecule has 0 aromatic rings. The van der Waals surface area contributed by atoms with Crippen LogP contribution in [0.3, 0.4) is 0 Å². The molecule has 3 fully saturated rings. The van der Waals surface area contributed by atoms with Crippen molar-refractivity contribution in [3.8, 4) is 0 Å². The Morgan fingerprint density at radius 3 is 2.55 bits per heavy atom. The molecule has 2 N–H and O–H groups in total. The minimum absolute atomic E-state index is 0.00120. The summed E-state index contributed by atoms with van der Waals surface area (Å²) in [7, 11) is 0. The van der Waals surface area contributed by atoms with Gasteiger partial charge in [0.1, 0.15) is 11.1 Å². The second kappa shape index (κ2) is 4.94. The van der Waals surface area contributed by atoms with Crippen LogP contribution in [0.25, 0.3) is 0 Å². The molecule has 3 aliphatic heterocycles. The highest BCUT2D eigenvalue weighted by atomic mass is 16.5. The van der Waals surface area contributed by atoms with Gasteiger partial charge in [0.05, 0.1) is 13.2 Å². The summed E-state index contributed by atoms with van der Waals surface area (Å²) >= 11 is 0. The fourth-order valence-corrected chi connectivity index (χ4v) is 3.90. The number of hydrogen-bond donors (Lipinski definition) is 1. The van der Waals surface area contributed by atoms with E-state index in [1.165, 1.54) is 4.90 Å². The molecule has 122 valence electrons. The molecule has 1 unspecified atom stereocenters. The average Bonchev–Trinajstić information content (AvgIpc) is 3.12. The molecule has 3 heterocycles. The maximum absolute atomic E-state index is 12.9. The molecule has 3 amide bonds. The Balaban J connectivity index is 1.84. The van der Waals surface area contributed by atoms with Crippen LogP contribution in [-0.4, -0.2) is 64.9 Å². The van der Waals surface area contributed by atoms with Gasteiger partial charge in [-0.2, -0.15) is 0 Å². The van der Waals surface area contributed by atoms with Crippen molar-refractivity contribution in [2.45, 2.75) is 44.2 Å². The summed E-state index contributed by atoms with van der Waals surface area (Å²) in [6.45, 7) is 5.25. The van der Waals surface area contributed by atoms with E-state index in [0.29, 0.717) is 32.5 Å². The average molecular weight is 309 g/mol. The summed E-state index contributed by atoms with van der Waals surface area (Å²) in [6.07, 6.45) is 1.91. The van der Waals surface area contributed by atoms with Crippen LogP contribution in [0.2, 0.25) is 0 Å². The van der Waals surface area contributed by atoms with Gasteiger partial charge in [-0.1, -0.05) is 13.8 Å². The van der Waals surface area contributed by atoms with Gasteiger partial charge in [-0.05, 0) is 12.8 Å². The molecule has 2 atom stereocenters. The minimum Gasteiger partial charge on any atom is -0.378 e. The quantitative estimate of drug-likeness (QED) is 0.711. The van der Waals surface area contributed by atoms with Gasteiger partial charge in [0.2, 0.25) is 11.8 Å². The number of likely N-dealkylation sites (tertiary alicyclic amines) is 2. The Morgan fingerprint density at radius 2 is 2.05 bits per heavy atom. The van der Waals surface area contributed by atoms with Crippen molar-refractivity contribution in [3.05, 3.63) is 0 Å². The Kier molecular flexibility index (Phi) is 3.43. The predicted molar refractivity (Wildman–Crippen MR) is 77.6 cm³/mol. The maximum Gasteiger partial charge on any atom is 0.251 e. The van der Waals surface area contributed by atoms with Crippen molar-refractivity contribution < 1.29 is 19.1 Å². The summed E-state index contributed by atoms with van der Waals surface area (Å²) in [4.78, 5) is 40.4. The van der Waals surface area contributed by atoms with Crippen LogP contribution in [0, 0.1) is 5.92 Å². The zero-order chi connectivity index (χ0) is 16.1. The molecule has 0 bridgehead atoms. The van der Waals surface area contributed by atoms with Crippen molar-refractivity contribution in [2.75, 3.05) is 26.3 Å². The number of hydrogen-bond acceptors (Lipinski definition) is 4. The van der Waals surface area contributed by atoms with Gasteiger partial charge in [-0.15, -0.1) is 0 Å². The summed E-state index contributed by atoms with van der Waals surface area (Å²) in [6, 6.07) is 0. The molecule has 3 saturated heterocycles. The number of amides is 3. The fraction of sp³-hybridized carbons (Fsp3) is 0.800. The number of nitrogens with zero attached hydrogens (tertiary/aromatic N) is 2. The van der Waals surface area contributed by atoms with E-state index in [4.69, 9.17) is 10.5 Å². The zero-order valence-corrected chi connectivity index (χ0v) is 13.1. The van der Waals surface area contributed by atoms with E-state index < -0.39 is 17.0 Å². The number of β-lactam (4-membered cyclic amide) rings is 1. The Morgan fingerprint density at radius 1 is 1.32 bits per heavy atom. The van der Waals surface area contributed by atoms with Crippen LogP contribution in [-0.2, 0) is 19.1 Å². The van der Waals surface area contributed by atoms with Gasteiger partial charge in [-0.25, -0.2) is 0 Å². The molecule has 3 aliphatic rings. The number of nitrogens with two attached hydrogens (primary N) is 1. The predicted octanol–water partition coefficient (Wildman–Crippen LogP) is -0.510. The highest BCUT2D eigenvalue weighted by Gasteiger charge is 2.66. The van der Waals surface area contributed by atoms with Crippen LogP contribution >= 0.6 is 0 Å². The Labute approximate surface area is 129 Å². The molecule has 22 heavy (non-hydrogen) atoms. The molecule has 7 nitrogen and oxygen atoms in total. The van der Waals surface area contributed by atoms with Crippen molar-refractivity contribution in [1.29, 1.82) is 0 Å². The third-order valence-electron chi connectivity index (χ3n) is 5.29. The van der Waals surface area contributed by atoms with Crippen LogP contribution in [0.5, 0.6) is 0 Å². The highest BCUT2D eigenvalue weighted by Crippen LogP contribution is 2.44. The van der Waals surface area contributed by atoms with Crippen molar-refractivity contribution >= 4 is 17.7 Å². The SMILES string of the molecule is CC(C)C(=O)N1CCC[C@]12CN(C1(C(N)=O)CCOC1)C2=O. The summed E-state index contributed by atoms with van der Waals surface area (Å²) in [5.74, 6) is -0.811. The van der Waals surface area contributed by atoms with Crippen LogP contribution in [0.15, 0.2) is 0 Å². The number of carbonyl (C=O) groups excluding carboxylic acids is 3. The number of ether oxygens (including phenoxy) is 1. The number of carbonyl (C=O) groups is 3. The first-order valence-electron chi connectivity index (χ1n) is 7.86. The lowest BCUT2D eigenvalue weighted by atomic mass is 9.79. The topological polar surface area (TPSA) is 92.9 Å². The van der Waals surface area contributed by atoms with Gasteiger partial charge in [0.25, 0.3) is 5.91 Å². The smallest absolute Gasteiger partial charge is 0.251 e. The van der Waals surface area contributed by atoms with Crippen LogP contribution in [0.4, 0.5) is 0 Å². The lowest BCUT2D eigenvalue weighted by molar-refractivity contribution is -0.180. The van der Waals surface area contributed by atoms with E-state index in [2.05, 4.69) is 0 Å². The first kappa shape index (κ1) is 15.3. The second-order valence-corrected chi connectivity index (χ2v) is 6.87. The minimum atomic E-state index is -1.03. The van der Waals surface area contributed by atoms with Crippen molar-refractivity contribution in [1.82, 2.24) is 9.80 Å². The van der Waals surface area contributed by atoms with Gasteiger partial charge < -0.3 is 20.3 Å². The van der Waals surface area contributed by atoms with E-state index in [1.54, 1.807) is 4.90 Å². The molecular weight excluding hydrogens is 286 g/mol. The molecule has 3 rings (SSSR count). The monoisotopic (exact) mass is 309 g/mol. The lowest BCUT2D eigenvalue weighted by Gasteiger charge is -2.56. The third kappa shape index (κ3) is 1.81. The molecule has 0 aromatic heterocycles. The summed E-state index contributed by atoms with van der Waals surface area (Å²) < 4.78 is 5.32. The molecule has 0 radical (unpaired) electrons. The van der Waals surface area contributed by atoms with Crippen molar-refractivity contribution in [2.24, 2.45) is 11.7 Å². The summed E-state index contributed by atoms with van der Waals surface area (Å²) in [5, 5.41) is 0. The molecule has 1 spiro atoms.